The highest BCUT2D eigenvalue weighted by Gasteiger charge is 2.26. The van der Waals surface area contributed by atoms with E-state index in [1.807, 2.05) is 0 Å². The molecular weight excluding hydrogens is 745 g/mol. The summed E-state index contributed by atoms with van der Waals surface area (Å²) in [6.45, 7) is 10.5. The number of likely N-dealkylation sites (N-methyl/N-ethyl adjacent to an activating group) is 1. The summed E-state index contributed by atoms with van der Waals surface area (Å²) in [7, 11) is -2.68. The smallest absolute Gasteiger partial charge is 0.466 e. The van der Waals surface area contributed by atoms with E-state index in [4.69, 9.17) is 27.4 Å². The number of carbonyl (C=O) groups excluding carboxylic acids is 2. The molecule has 2 atom stereocenters. The number of rotatable bonds is 36. The van der Waals surface area contributed by atoms with Crippen LogP contribution in [0.1, 0.15) is 182 Å². The molecule has 0 bridgehead atoms. The van der Waals surface area contributed by atoms with Gasteiger partial charge in [-0.2, -0.15) is 0 Å². The molecule has 0 aliphatic rings. The zero-order chi connectivity index (χ0) is 41.7. The molecule has 0 saturated carbocycles. The number of esters is 2. The van der Waals surface area contributed by atoms with Gasteiger partial charge in [0.15, 0.2) is 6.10 Å². The second kappa shape index (κ2) is 30.6. The van der Waals surface area contributed by atoms with Crippen LogP contribution in [0.15, 0.2) is 14.9 Å². The Morgan fingerprint density at radius 1 is 0.667 bits per heavy atom. The topological polar surface area (TPSA) is 147 Å². The van der Waals surface area contributed by atoms with Crippen LogP contribution < -0.4 is 5.32 Å². The van der Waals surface area contributed by atoms with Crippen molar-refractivity contribution in [3.8, 4) is 0 Å². The van der Waals surface area contributed by atoms with Crippen molar-refractivity contribution in [2.75, 3.05) is 33.4 Å². The maximum atomic E-state index is 12.7. The Hall–Kier alpha value is -2.43. The Morgan fingerprint density at radius 2 is 1.21 bits per heavy atom. The second-order valence-electron chi connectivity index (χ2n) is 15.7. The number of phosphoric acid groups is 1. The van der Waals surface area contributed by atoms with Crippen LogP contribution >= 0.6 is 7.82 Å². The monoisotopic (exact) mass is 824 g/mol. The molecule has 57 heavy (non-hydrogen) atoms. The molecule has 0 radical (unpaired) electrons. The fourth-order valence-electron chi connectivity index (χ4n) is 6.91. The van der Waals surface area contributed by atoms with Crippen LogP contribution in [0.3, 0.4) is 0 Å². The van der Waals surface area contributed by atoms with Crippen LogP contribution in [0, 0.1) is 20.8 Å². The molecule has 12 heteroatoms. The summed E-state index contributed by atoms with van der Waals surface area (Å²) in [4.78, 5) is 35.3. The summed E-state index contributed by atoms with van der Waals surface area (Å²) in [6, 6.07) is 2.21. The molecule has 0 saturated heterocycles. The lowest BCUT2D eigenvalue weighted by atomic mass is 10.0. The molecule has 11 nitrogen and oxygen atoms in total. The van der Waals surface area contributed by atoms with Crippen LogP contribution in [0.4, 0.5) is 0 Å². The quantitative estimate of drug-likeness (QED) is 0.0384. The molecule has 0 aromatic carbocycles. The van der Waals surface area contributed by atoms with E-state index < -0.39 is 32.5 Å². The van der Waals surface area contributed by atoms with Crippen LogP contribution in [0.25, 0.3) is 0 Å². The first-order valence-electron chi connectivity index (χ1n) is 22.3. The van der Waals surface area contributed by atoms with Crippen molar-refractivity contribution < 1.29 is 46.4 Å². The van der Waals surface area contributed by atoms with Gasteiger partial charge in [-0.15, -0.1) is 0 Å². The number of phosphoric ester groups is 1. The maximum Gasteiger partial charge on any atom is 0.472 e. The summed E-state index contributed by atoms with van der Waals surface area (Å²) in [6.07, 6.45) is 22.5. The predicted octanol–water partition coefficient (Wildman–Crippen LogP) is 11.3. The first kappa shape index (κ1) is 50.7. The minimum absolute atomic E-state index is 0.0301. The van der Waals surface area contributed by atoms with Gasteiger partial charge in [0.25, 0.3) is 0 Å². The van der Waals surface area contributed by atoms with Gasteiger partial charge in [-0.3, -0.25) is 18.6 Å². The molecule has 0 amide bonds. The van der Waals surface area contributed by atoms with Crippen molar-refractivity contribution in [1.29, 1.82) is 0 Å². The number of ether oxygens (including phenoxy) is 2. The lowest BCUT2D eigenvalue weighted by molar-refractivity contribution is -0.161. The van der Waals surface area contributed by atoms with Crippen molar-refractivity contribution in [2.45, 2.75) is 195 Å². The van der Waals surface area contributed by atoms with E-state index in [1.54, 1.807) is 7.05 Å². The van der Waals surface area contributed by atoms with Crippen molar-refractivity contribution in [3.05, 3.63) is 45.8 Å². The number of hydrogen-bond acceptors (Lipinski definition) is 10. The van der Waals surface area contributed by atoms with Gasteiger partial charge < -0.3 is 28.5 Å². The average Bonchev–Trinajstić information content (AvgIpc) is 3.67. The van der Waals surface area contributed by atoms with Gasteiger partial charge in [-0.1, -0.05) is 90.9 Å². The van der Waals surface area contributed by atoms with Gasteiger partial charge in [0.1, 0.15) is 29.6 Å². The molecule has 328 valence electrons. The van der Waals surface area contributed by atoms with E-state index in [0.717, 1.165) is 119 Å². The number of aryl methyl sites for hydroxylation is 5. The van der Waals surface area contributed by atoms with Crippen molar-refractivity contribution >= 4 is 19.8 Å². The summed E-state index contributed by atoms with van der Waals surface area (Å²) in [5.74, 6) is 3.65. The molecule has 0 fully saturated rings. The minimum Gasteiger partial charge on any atom is -0.466 e. The van der Waals surface area contributed by atoms with Gasteiger partial charge in [0, 0.05) is 45.1 Å². The summed E-state index contributed by atoms with van der Waals surface area (Å²) >= 11 is 0. The first-order valence-corrected chi connectivity index (χ1v) is 23.8. The summed E-state index contributed by atoms with van der Waals surface area (Å²) in [5, 5.41) is 2.82. The fourth-order valence-corrected chi connectivity index (χ4v) is 7.66. The van der Waals surface area contributed by atoms with E-state index in [9.17, 15) is 19.0 Å². The van der Waals surface area contributed by atoms with Crippen LogP contribution in [-0.4, -0.2) is 56.3 Å². The minimum atomic E-state index is -4.37. The van der Waals surface area contributed by atoms with Crippen molar-refractivity contribution in [2.24, 2.45) is 0 Å². The second-order valence-corrected chi connectivity index (χ2v) is 17.1. The van der Waals surface area contributed by atoms with Crippen molar-refractivity contribution in [3.63, 3.8) is 0 Å². The Bertz CT molecular complexity index is 1420. The molecule has 2 aromatic rings. The van der Waals surface area contributed by atoms with E-state index in [1.165, 1.54) is 48.8 Å². The van der Waals surface area contributed by atoms with Gasteiger partial charge in [-0.05, 0) is 89.1 Å². The van der Waals surface area contributed by atoms with Crippen LogP contribution in [0.2, 0.25) is 0 Å². The van der Waals surface area contributed by atoms with Crippen LogP contribution in [0.5, 0.6) is 0 Å². The van der Waals surface area contributed by atoms with Gasteiger partial charge >= 0.3 is 19.8 Å². The standard InChI is InChI=1S/C45H78NO10P/c1-7-9-20-26-39-33-36(3)41(54-39)27-21-16-12-10-11-13-19-24-30-45(48)55-40(35-53-57(49,50)52-32-31-46-6)34-51-44(47)29-23-18-15-14-17-22-28-43-38(5)37(4)42(56-43)25-8-2/h33,40,46H,7-32,34-35H2,1-6H3,(H,49,50)/t40-/m1/s1. The highest BCUT2D eigenvalue weighted by Crippen LogP contribution is 2.43. The van der Waals surface area contributed by atoms with Gasteiger partial charge in [-0.25, -0.2) is 4.57 Å². The highest BCUT2D eigenvalue weighted by atomic mass is 31.2. The molecular formula is C45H78NO10P. The lowest BCUT2D eigenvalue weighted by Gasteiger charge is -2.20. The first-order chi connectivity index (χ1) is 27.5. The molecule has 2 N–H and O–H groups in total. The summed E-state index contributed by atoms with van der Waals surface area (Å²) in [5.41, 5.74) is 3.86. The molecule has 0 spiro atoms. The molecule has 0 aliphatic heterocycles. The third-order valence-corrected chi connectivity index (χ3v) is 11.5. The number of carbonyl (C=O) groups is 2. The number of nitrogens with one attached hydrogen (secondary N) is 1. The molecule has 0 aliphatic carbocycles. The van der Waals surface area contributed by atoms with Crippen LogP contribution in [-0.2, 0) is 58.4 Å². The van der Waals surface area contributed by atoms with E-state index in [0.29, 0.717) is 19.4 Å². The van der Waals surface area contributed by atoms with Gasteiger partial charge in [0.05, 0.1) is 13.2 Å². The Labute approximate surface area is 344 Å². The Morgan fingerprint density at radius 3 is 1.81 bits per heavy atom. The predicted molar refractivity (Wildman–Crippen MR) is 227 cm³/mol. The molecule has 2 heterocycles. The van der Waals surface area contributed by atoms with E-state index in [-0.39, 0.29) is 26.1 Å². The maximum absolute atomic E-state index is 12.7. The number of hydrogen-bond donors (Lipinski definition) is 2. The SMILES string of the molecule is CCCCCc1cc(C)c(CCCCCCCCCCC(=O)O[C@H](COC(=O)CCCCCCCCc2oc(CCC)c(C)c2C)COP(=O)(O)OCCNC)o1. The summed E-state index contributed by atoms with van der Waals surface area (Å²) < 4.78 is 45.5. The molecule has 2 aromatic heterocycles. The largest absolute Gasteiger partial charge is 0.472 e. The molecule has 1 unspecified atom stereocenters. The Balaban J connectivity index is 1.62. The zero-order valence-electron chi connectivity index (χ0n) is 36.5. The molecule has 2 rings (SSSR count). The Kier molecular flexibility index (Phi) is 27.2. The van der Waals surface area contributed by atoms with E-state index in [2.05, 4.69) is 46.0 Å². The lowest BCUT2D eigenvalue weighted by Crippen LogP contribution is -2.29. The highest BCUT2D eigenvalue weighted by molar-refractivity contribution is 7.47. The normalized spacial score (nSPS) is 13.2. The third kappa shape index (κ3) is 23.1. The van der Waals surface area contributed by atoms with Crippen molar-refractivity contribution in [1.82, 2.24) is 5.32 Å². The fraction of sp³-hybridized carbons (Fsp3) is 0.778. The number of unbranched alkanes of at least 4 members (excludes halogenated alkanes) is 14. The van der Waals surface area contributed by atoms with Gasteiger partial charge in [0.2, 0.25) is 0 Å². The third-order valence-electron chi connectivity index (χ3n) is 10.5. The number of furan rings is 2. The average molecular weight is 824 g/mol. The van der Waals surface area contributed by atoms with E-state index >= 15 is 0 Å². The zero-order valence-corrected chi connectivity index (χ0v) is 37.4.